The number of aryl methyl sites for hydroxylation is 3. The van der Waals surface area contributed by atoms with Crippen molar-refractivity contribution in [3.8, 4) is 11.4 Å². The molecule has 1 N–H and O–H groups in total. The Morgan fingerprint density at radius 2 is 2.10 bits per heavy atom. The summed E-state index contributed by atoms with van der Waals surface area (Å²) in [5.41, 5.74) is 2.36. The van der Waals surface area contributed by atoms with Gasteiger partial charge in [0.05, 0.1) is 5.56 Å². The van der Waals surface area contributed by atoms with Gasteiger partial charge in [0.15, 0.2) is 0 Å². The number of pyridine rings is 1. The van der Waals surface area contributed by atoms with Crippen LogP contribution in [0.15, 0.2) is 10.6 Å². The smallest absolute Gasteiger partial charge is 0.251 e. The fraction of sp³-hybridized carbons (Fsp3) is 0.429. The Labute approximate surface area is 122 Å². The first kappa shape index (κ1) is 15.1. The zero-order valence-corrected chi connectivity index (χ0v) is 12.6. The summed E-state index contributed by atoms with van der Waals surface area (Å²) < 4.78 is 10.1. The van der Waals surface area contributed by atoms with Gasteiger partial charge in [0.25, 0.3) is 5.91 Å². The Balaban J connectivity index is 2.37. The van der Waals surface area contributed by atoms with Crippen molar-refractivity contribution in [1.82, 2.24) is 15.1 Å². The molecule has 0 fully saturated rings. The summed E-state index contributed by atoms with van der Waals surface area (Å²) in [6.45, 7) is 7.77. The number of carbonyl (C=O) groups excluding carboxylic acids is 1. The molecule has 0 bridgehead atoms. The highest BCUT2D eigenvalue weighted by atomic mass is 16.5. The predicted octanol–water partition coefficient (Wildman–Crippen LogP) is 2.03. The monoisotopic (exact) mass is 290 g/mol. The van der Waals surface area contributed by atoms with Crippen LogP contribution in [0.5, 0.6) is 0 Å². The number of nitrogens with zero attached hydrogens (tertiary/aromatic N) is 3. The van der Waals surface area contributed by atoms with Gasteiger partial charge in [0.2, 0.25) is 11.7 Å². The second-order valence-corrected chi connectivity index (χ2v) is 4.63. The molecule has 0 atom stereocenters. The van der Waals surface area contributed by atoms with Crippen LogP contribution < -0.4 is 5.32 Å². The second kappa shape index (κ2) is 6.45. The van der Waals surface area contributed by atoms with Gasteiger partial charge in [-0.1, -0.05) is 5.16 Å². The first-order chi connectivity index (χ1) is 10.0. The summed E-state index contributed by atoms with van der Waals surface area (Å²) in [7, 11) is 0. The van der Waals surface area contributed by atoms with Crippen LogP contribution in [0.1, 0.15) is 24.1 Å². The minimum atomic E-state index is -0.268. The Morgan fingerprint density at radius 1 is 1.33 bits per heavy atom. The summed E-state index contributed by atoms with van der Waals surface area (Å²) in [5.74, 6) is 1.01. The van der Waals surface area contributed by atoms with Gasteiger partial charge < -0.3 is 14.6 Å². The predicted molar refractivity (Wildman–Crippen MR) is 76.9 cm³/mol. The molecular weight excluding hydrogens is 272 g/mol. The van der Waals surface area contributed by atoms with Crippen LogP contribution >= 0.6 is 0 Å². The maximum Gasteiger partial charge on any atom is 0.251 e. The maximum atomic E-state index is 11.8. The standard InChI is InChI=1S/C14H18N4O3/c1-5-20-7-11(19)17-13-12(8(2)6-9(3)15-13)14-16-10(4)21-18-14/h6H,5,7H2,1-4H3,(H,15,17,19). The highest BCUT2D eigenvalue weighted by Crippen LogP contribution is 2.28. The van der Waals surface area contributed by atoms with E-state index in [1.807, 2.05) is 26.8 Å². The topological polar surface area (TPSA) is 90.1 Å². The number of hydrogen-bond acceptors (Lipinski definition) is 6. The van der Waals surface area contributed by atoms with E-state index in [2.05, 4.69) is 20.4 Å². The minimum Gasteiger partial charge on any atom is -0.372 e. The number of amides is 1. The number of rotatable bonds is 5. The lowest BCUT2D eigenvalue weighted by atomic mass is 10.1. The Hall–Kier alpha value is -2.28. The van der Waals surface area contributed by atoms with Crippen molar-refractivity contribution in [2.75, 3.05) is 18.5 Å². The zero-order chi connectivity index (χ0) is 15.4. The molecule has 21 heavy (non-hydrogen) atoms. The Morgan fingerprint density at radius 3 is 2.71 bits per heavy atom. The van der Waals surface area contributed by atoms with Crippen LogP contribution in [-0.2, 0) is 9.53 Å². The molecule has 2 rings (SSSR count). The summed E-state index contributed by atoms with van der Waals surface area (Å²) in [6.07, 6.45) is 0. The van der Waals surface area contributed by atoms with Crippen LogP contribution in [0.25, 0.3) is 11.4 Å². The average molecular weight is 290 g/mol. The van der Waals surface area contributed by atoms with Gasteiger partial charge in [-0.15, -0.1) is 0 Å². The molecule has 0 aliphatic carbocycles. The Kier molecular flexibility index (Phi) is 4.64. The van der Waals surface area contributed by atoms with Crippen LogP contribution in [-0.4, -0.2) is 34.2 Å². The number of hydrogen-bond donors (Lipinski definition) is 1. The fourth-order valence-electron chi connectivity index (χ4n) is 1.97. The third kappa shape index (κ3) is 3.63. The first-order valence-corrected chi connectivity index (χ1v) is 6.67. The quantitative estimate of drug-likeness (QED) is 0.906. The molecule has 2 aromatic rings. The van der Waals surface area contributed by atoms with Crippen LogP contribution in [0.3, 0.4) is 0 Å². The van der Waals surface area contributed by atoms with Crippen LogP contribution in [0.4, 0.5) is 5.82 Å². The number of ether oxygens (including phenoxy) is 1. The van der Waals surface area contributed by atoms with E-state index in [0.29, 0.717) is 29.7 Å². The molecule has 0 aliphatic heterocycles. The number of aromatic nitrogens is 3. The fourth-order valence-corrected chi connectivity index (χ4v) is 1.97. The molecule has 7 nitrogen and oxygen atoms in total. The van der Waals surface area contributed by atoms with Gasteiger partial charge >= 0.3 is 0 Å². The number of carbonyl (C=O) groups is 1. The third-order valence-corrected chi connectivity index (χ3v) is 2.79. The van der Waals surface area contributed by atoms with Crippen molar-refractivity contribution in [3.05, 3.63) is 23.2 Å². The molecule has 0 aromatic carbocycles. The summed E-state index contributed by atoms with van der Waals surface area (Å²) in [5, 5.41) is 6.64. The molecule has 112 valence electrons. The summed E-state index contributed by atoms with van der Waals surface area (Å²) in [6, 6.07) is 1.90. The van der Waals surface area contributed by atoms with Gasteiger partial charge in [0.1, 0.15) is 12.4 Å². The highest BCUT2D eigenvalue weighted by molar-refractivity contribution is 5.94. The molecule has 0 spiro atoms. The minimum absolute atomic E-state index is 0.0180. The summed E-state index contributed by atoms with van der Waals surface area (Å²) in [4.78, 5) is 20.4. The normalized spacial score (nSPS) is 10.7. The molecule has 0 unspecified atom stereocenters. The van der Waals surface area contributed by atoms with Gasteiger partial charge in [-0.25, -0.2) is 4.98 Å². The van der Waals surface area contributed by atoms with Crippen molar-refractivity contribution in [3.63, 3.8) is 0 Å². The van der Waals surface area contributed by atoms with E-state index in [0.717, 1.165) is 11.3 Å². The molecule has 2 heterocycles. The van der Waals surface area contributed by atoms with E-state index in [9.17, 15) is 4.79 Å². The lowest BCUT2D eigenvalue weighted by molar-refractivity contribution is -0.120. The second-order valence-electron chi connectivity index (χ2n) is 4.63. The molecule has 1 amide bonds. The first-order valence-electron chi connectivity index (χ1n) is 6.67. The van der Waals surface area contributed by atoms with Crippen LogP contribution in [0.2, 0.25) is 0 Å². The molecule has 0 aliphatic rings. The van der Waals surface area contributed by atoms with E-state index >= 15 is 0 Å². The number of nitrogens with one attached hydrogen (secondary N) is 1. The lowest BCUT2D eigenvalue weighted by Crippen LogP contribution is -2.20. The molecule has 2 aromatic heterocycles. The molecule has 7 heteroatoms. The summed E-state index contributed by atoms with van der Waals surface area (Å²) >= 11 is 0. The van der Waals surface area contributed by atoms with Crippen molar-refractivity contribution in [2.45, 2.75) is 27.7 Å². The number of anilines is 1. The maximum absolute atomic E-state index is 11.8. The van der Waals surface area contributed by atoms with E-state index in [-0.39, 0.29) is 12.5 Å². The van der Waals surface area contributed by atoms with Crippen LogP contribution in [0, 0.1) is 20.8 Å². The van der Waals surface area contributed by atoms with Gasteiger partial charge in [-0.05, 0) is 32.4 Å². The van der Waals surface area contributed by atoms with E-state index in [1.54, 1.807) is 6.92 Å². The molecular formula is C14H18N4O3. The molecule has 0 saturated heterocycles. The van der Waals surface area contributed by atoms with E-state index < -0.39 is 0 Å². The average Bonchev–Trinajstić information content (AvgIpc) is 2.82. The largest absolute Gasteiger partial charge is 0.372 e. The Bertz CT molecular complexity index is 652. The zero-order valence-electron chi connectivity index (χ0n) is 12.6. The SMILES string of the molecule is CCOCC(=O)Nc1nc(C)cc(C)c1-c1noc(C)n1. The van der Waals surface area contributed by atoms with Crippen molar-refractivity contribution >= 4 is 11.7 Å². The van der Waals surface area contributed by atoms with Gasteiger partial charge in [-0.2, -0.15) is 4.98 Å². The van der Waals surface area contributed by atoms with Crippen molar-refractivity contribution in [2.24, 2.45) is 0 Å². The van der Waals surface area contributed by atoms with Crippen molar-refractivity contribution < 1.29 is 14.1 Å². The highest BCUT2D eigenvalue weighted by Gasteiger charge is 2.18. The van der Waals surface area contributed by atoms with Gasteiger partial charge in [0, 0.05) is 19.2 Å². The third-order valence-electron chi connectivity index (χ3n) is 2.79. The molecule has 0 saturated carbocycles. The van der Waals surface area contributed by atoms with Crippen molar-refractivity contribution in [1.29, 1.82) is 0 Å². The van der Waals surface area contributed by atoms with E-state index in [4.69, 9.17) is 9.26 Å². The van der Waals surface area contributed by atoms with Gasteiger partial charge in [-0.3, -0.25) is 4.79 Å². The molecule has 0 radical (unpaired) electrons. The lowest BCUT2D eigenvalue weighted by Gasteiger charge is -2.11. The van der Waals surface area contributed by atoms with E-state index in [1.165, 1.54) is 0 Å².